The van der Waals surface area contributed by atoms with Crippen molar-refractivity contribution in [1.29, 1.82) is 0 Å². The standard InChI is InChI=1S/C10H10BrN/c1-6-5-12-9-4-3-8(11)7(2)10(6)9/h3-5,12H,1-2H3. The second kappa shape index (κ2) is 2.63. The number of nitrogens with one attached hydrogen (secondary N) is 1. The van der Waals surface area contributed by atoms with Gasteiger partial charge in [0.15, 0.2) is 0 Å². The van der Waals surface area contributed by atoms with Gasteiger partial charge in [0.25, 0.3) is 0 Å². The van der Waals surface area contributed by atoms with Crippen LogP contribution in [0.15, 0.2) is 22.8 Å². The lowest BCUT2D eigenvalue weighted by Gasteiger charge is -2.00. The molecule has 0 amide bonds. The number of rotatable bonds is 0. The summed E-state index contributed by atoms with van der Waals surface area (Å²) in [7, 11) is 0. The third kappa shape index (κ3) is 0.985. The molecule has 0 aliphatic rings. The molecule has 0 atom stereocenters. The average molecular weight is 224 g/mol. The van der Waals surface area contributed by atoms with Gasteiger partial charge in [0.2, 0.25) is 0 Å². The minimum absolute atomic E-state index is 1.18. The number of H-pyrrole nitrogens is 1. The SMILES string of the molecule is Cc1c[nH]c2ccc(Br)c(C)c12. The fraction of sp³-hybridized carbons (Fsp3) is 0.200. The number of aromatic nitrogens is 1. The van der Waals surface area contributed by atoms with Crippen molar-refractivity contribution < 1.29 is 0 Å². The van der Waals surface area contributed by atoms with E-state index in [2.05, 4.69) is 46.9 Å². The van der Waals surface area contributed by atoms with E-state index in [1.165, 1.54) is 26.5 Å². The molecule has 0 bridgehead atoms. The van der Waals surface area contributed by atoms with Crippen LogP contribution in [0.5, 0.6) is 0 Å². The molecule has 2 aromatic rings. The fourth-order valence-corrected chi connectivity index (χ4v) is 1.90. The Labute approximate surface area is 79.9 Å². The fourth-order valence-electron chi connectivity index (χ4n) is 1.57. The molecule has 0 saturated carbocycles. The van der Waals surface area contributed by atoms with Gasteiger partial charge in [-0.25, -0.2) is 0 Å². The van der Waals surface area contributed by atoms with E-state index >= 15 is 0 Å². The molecule has 2 heteroatoms. The zero-order chi connectivity index (χ0) is 8.72. The summed E-state index contributed by atoms with van der Waals surface area (Å²) in [6.45, 7) is 4.26. The molecular formula is C10H10BrN. The van der Waals surface area contributed by atoms with E-state index in [-0.39, 0.29) is 0 Å². The molecule has 1 heterocycles. The highest BCUT2D eigenvalue weighted by Crippen LogP contribution is 2.27. The van der Waals surface area contributed by atoms with Gasteiger partial charge in [-0.2, -0.15) is 0 Å². The molecule has 0 aliphatic heterocycles. The highest BCUT2D eigenvalue weighted by molar-refractivity contribution is 9.10. The largest absolute Gasteiger partial charge is 0.361 e. The van der Waals surface area contributed by atoms with Crippen molar-refractivity contribution in [1.82, 2.24) is 4.98 Å². The number of aromatic amines is 1. The number of halogens is 1. The molecule has 1 aromatic carbocycles. The summed E-state index contributed by atoms with van der Waals surface area (Å²) in [5.74, 6) is 0. The molecule has 1 N–H and O–H groups in total. The van der Waals surface area contributed by atoms with Crippen LogP contribution >= 0.6 is 15.9 Å². The number of benzene rings is 1. The zero-order valence-corrected chi connectivity index (χ0v) is 8.70. The van der Waals surface area contributed by atoms with Gasteiger partial charge >= 0.3 is 0 Å². The van der Waals surface area contributed by atoms with Crippen molar-refractivity contribution in [2.45, 2.75) is 13.8 Å². The second-order valence-electron chi connectivity index (χ2n) is 3.07. The van der Waals surface area contributed by atoms with Gasteiger partial charge in [0.05, 0.1) is 0 Å². The summed E-state index contributed by atoms with van der Waals surface area (Å²) in [4.78, 5) is 3.24. The van der Waals surface area contributed by atoms with Crippen LogP contribution in [0.2, 0.25) is 0 Å². The van der Waals surface area contributed by atoms with E-state index < -0.39 is 0 Å². The Morgan fingerprint density at radius 1 is 1.25 bits per heavy atom. The van der Waals surface area contributed by atoms with Crippen molar-refractivity contribution >= 4 is 26.8 Å². The Morgan fingerprint density at radius 2 is 2.00 bits per heavy atom. The topological polar surface area (TPSA) is 15.8 Å². The van der Waals surface area contributed by atoms with Crippen LogP contribution in [0.3, 0.4) is 0 Å². The first kappa shape index (κ1) is 7.87. The normalized spacial score (nSPS) is 10.9. The Morgan fingerprint density at radius 3 is 2.75 bits per heavy atom. The maximum atomic E-state index is 3.52. The highest BCUT2D eigenvalue weighted by Gasteiger charge is 2.04. The average Bonchev–Trinajstić information content (AvgIpc) is 2.41. The summed E-state index contributed by atoms with van der Waals surface area (Å²) in [6, 6.07) is 4.17. The lowest BCUT2D eigenvalue weighted by molar-refractivity contribution is 1.43. The first-order valence-corrected chi connectivity index (χ1v) is 4.72. The second-order valence-corrected chi connectivity index (χ2v) is 3.92. The lowest BCUT2D eigenvalue weighted by atomic mass is 10.1. The van der Waals surface area contributed by atoms with Gasteiger partial charge in [-0.3, -0.25) is 0 Å². The molecule has 0 radical (unpaired) electrons. The van der Waals surface area contributed by atoms with Crippen LogP contribution in [0, 0.1) is 13.8 Å². The zero-order valence-electron chi connectivity index (χ0n) is 7.11. The number of aryl methyl sites for hydroxylation is 2. The summed E-state index contributed by atoms with van der Waals surface area (Å²) >= 11 is 3.52. The van der Waals surface area contributed by atoms with Gasteiger partial charge < -0.3 is 4.98 Å². The summed E-state index contributed by atoms with van der Waals surface area (Å²) in [5, 5.41) is 1.34. The highest BCUT2D eigenvalue weighted by atomic mass is 79.9. The van der Waals surface area contributed by atoms with E-state index in [0.29, 0.717) is 0 Å². The summed E-state index contributed by atoms with van der Waals surface area (Å²) < 4.78 is 1.18. The molecule has 2 rings (SSSR count). The predicted molar refractivity (Wildman–Crippen MR) is 55.5 cm³/mol. The van der Waals surface area contributed by atoms with Crippen LogP contribution in [-0.4, -0.2) is 4.98 Å². The van der Waals surface area contributed by atoms with Gasteiger partial charge in [0.1, 0.15) is 0 Å². The Balaban J connectivity index is 2.96. The van der Waals surface area contributed by atoms with Crippen LogP contribution in [0.4, 0.5) is 0 Å². The first-order chi connectivity index (χ1) is 5.70. The summed E-state index contributed by atoms with van der Waals surface area (Å²) in [5.41, 5.74) is 3.84. The number of hydrogen-bond donors (Lipinski definition) is 1. The van der Waals surface area contributed by atoms with Crippen molar-refractivity contribution in [2.24, 2.45) is 0 Å². The van der Waals surface area contributed by atoms with Crippen LogP contribution in [0.25, 0.3) is 10.9 Å². The van der Waals surface area contributed by atoms with E-state index in [9.17, 15) is 0 Å². The molecule has 0 unspecified atom stereocenters. The predicted octanol–water partition coefficient (Wildman–Crippen LogP) is 3.55. The maximum Gasteiger partial charge on any atom is 0.0460 e. The van der Waals surface area contributed by atoms with Gasteiger partial charge in [-0.05, 0) is 37.1 Å². The Bertz CT molecular complexity index is 429. The summed E-state index contributed by atoms with van der Waals surface area (Å²) in [6.07, 6.45) is 2.05. The third-order valence-electron chi connectivity index (χ3n) is 2.24. The van der Waals surface area contributed by atoms with E-state index in [0.717, 1.165) is 0 Å². The number of hydrogen-bond acceptors (Lipinski definition) is 0. The monoisotopic (exact) mass is 223 g/mol. The number of fused-ring (bicyclic) bond motifs is 1. The van der Waals surface area contributed by atoms with Crippen molar-refractivity contribution in [3.63, 3.8) is 0 Å². The van der Waals surface area contributed by atoms with Crippen molar-refractivity contribution in [3.8, 4) is 0 Å². The Kier molecular flexibility index (Phi) is 1.72. The van der Waals surface area contributed by atoms with Crippen LogP contribution < -0.4 is 0 Å². The smallest absolute Gasteiger partial charge is 0.0460 e. The molecule has 12 heavy (non-hydrogen) atoms. The third-order valence-corrected chi connectivity index (χ3v) is 3.10. The molecular weight excluding hydrogens is 214 g/mol. The van der Waals surface area contributed by atoms with Crippen molar-refractivity contribution in [2.75, 3.05) is 0 Å². The quantitative estimate of drug-likeness (QED) is 0.704. The van der Waals surface area contributed by atoms with Crippen LogP contribution in [-0.2, 0) is 0 Å². The van der Waals surface area contributed by atoms with E-state index in [1.807, 2.05) is 6.20 Å². The molecule has 62 valence electrons. The van der Waals surface area contributed by atoms with E-state index in [4.69, 9.17) is 0 Å². The maximum absolute atomic E-state index is 3.52. The minimum Gasteiger partial charge on any atom is -0.361 e. The molecule has 0 aliphatic carbocycles. The molecule has 0 saturated heterocycles. The minimum atomic E-state index is 1.18. The molecule has 1 aromatic heterocycles. The molecule has 0 fully saturated rings. The van der Waals surface area contributed by atoms with Crippen molar-refractivity contribution in [3.05, 3.63) is 33.9 Å². The van der Waals surface area contributed by atoms with Gasteiger partial charge in [-0.15, -0.1) is 0 Å². The van der Waals surface area contributed by atoms with Crippen LogP contribution in [0.1, 0.15) is 11.1 Å². The molecule has 0 spiro atoms. The van der Waals surface area contributed by atoms with E-state index in [1.54, 1.807) is 0 Å². The molecule has 1 nitrogen and oxygen atoms in total. The Hall–Kier alpha value is -0.760. The van der Waals surface area contributed by atoms with Gasteiger partial charge in [-0.1, -0.05) is 15.9 Å². The first-order valence-electron chi connectivity index (χ1n) is 3.93. The van der Waals surface area contributed by atoms with Gasteiger partial charge in [0, 0.05) is 21.6 Å². The lowest BCUT2D eigenvalue weighted by Crippen LogP contribution is -1.78.